The molecular weight excluding hydrogens is 182 g/mol. The molecule has 13 heavy (non-hydrogen) atoms. The monoisotopic (exact) mass is 191 g/mol. The lowest BCUT2D eigenvalue weighted by molar-refractivity contribution is 1.34. The second-order valence-electron chi connectivity index (χ2n) is 2.67. The van der Waals surface area contributed by atoms with Gasteiger partial charge < -0.3 is 11.5 Å². The Labute approximate surface area is 80.0 Å². The molecule has 0 aliphatic rings. The number of hydrogen-bond acceptors (Lipinski definition) is 4. The molecule has 4 N–H and O–H groups in total. The zero-order valence-electron chi connectivity index (χ0n) is 6.90. The smallest absolute Gasteiger partial charge is 0.147 e. The van der Waals surface area contributed by atoms with Crippen LogP contribution in [0.4, 0.5) is 11.5 Å². The van der Waals surface area contributed by atoms with Crippen molar-refractivity contribution in [1.82, 2.24) is 4.98 Å². The molecule has 0 bridgehead atoms. The fourth-order valence-electron chi connectivity index (χ4n) is 1.16. The molecule has 0 aliphatic carbocycles. The number of nitrogen functional groups attached to an aromatic ring is 2. The molecule has 0 unspecified atom stereocenters. The number of rotatable bonds is 1. The van der Waals surface area contributed by atoms with Crippen molar-refractivity contribution >= 4 is 22.8 Å². The van der Waals surface area contributed by atoms with E-state index in [9.17, 15) is 0 Å². The maximum Gasteiger partial charge on any atom is 0.147 e. The molecule has 0 spiro atoms. The van der Waals surface area contributed by atoms with E-state index in [0.29, 0.717) is 11.5 Å². The number of nitrogens with zero attached hydrogens (tertiary/aromatic N) is 1. The van der Waals surface area contributed by atoms with E-state index in [-0.39, 0.29) is 0 Å². The van der Waals surface area contributed by atoms with Crippen LogP contribution in [0.25, 0.3) is 11.1 Å². The van der Waals surface area contributed by atoms with E-state index in [4.69, 9.17) is 11.5 Å². The fraction of sp³-hybridized carbons (Fsp3) is 0. The van der Waals surface area contributed by atoms with Gasteiger partial charge in [-0.1, -0.05) is 0 Å². The van der Waals surface area contributed by atoms with E-state index < -0.39 is 0 Å². The zero-order chi connectivity index (χ0) is 9.26. The molecule has 2 aromatic heterocycles. The van der Waals surface area contributed by atoms with Crippen LogP contribution in [0.1, 0.15) is 0 Å². The third-order valence-electron chi connectivity index (χ3n) is 1.85. The first-order valence-corrected chi connectivity index (χ1v) is 4.76. The molecule has 0 saturated heterocycles. The highest BCUT2D eigenvalue weighted by atomic mass is 32.1. The molecule has 0 amide bonds. The van der Waals surface area contributed by atoms with E-state index in [0.717, 1.165) is 11.1 Å². The highest BCUT2D eigenvalue weighted by Gasteiger charge is 2.05. The molecule has 0 radical (unpaired) electrons. The van der Waals surface area contributed by atoms with Crippen molar-refractivity contribution in [2.45, 2.75) is 0 Å². The predicted octanol–water partition coefficient (Wildman–Crippen LogP) is 1.97. The van der Waals surface area contributed by atoms with Crippen LogP contribution in [0.3, 0.4) is 0 Å². The fourth-order valence-corrected chi connectivity index (χ4v) is 1.81. The molecule has 0 aliphatic heterocycles. The van der Waals surface area contributed by atoms with Crippen LogP contribution in [0.15, 0.2) is 29.1 Å². The lowest BCUT2D eigenvalue weighted by Crippen LogP contribution is -1.98. The highest BCUT2D eigenvalue weighted by molar-refractivity contribution is 7.08. The van der Waals surface area contributed by atoms with Crippen LogP contribution < -0.4 is 11.5 Å². The van der Waals surface area contributed by atoms with Gasteiger partial charge in [-0.25, -0.2) is 4.98 Å². The van der Waals surface area contributed by atoms with E-state index >= 15 is 0 Å². The third kappa shape index (κ3) is 1.36. The number of pyridine rings is 1. The topological polar surface area (TPSA) is 64.9 Å². The van der Waals surface area contributed by atoms with Gasteiger partial charge in [0.15, 0.2) is 0 Å². The minimum Gasteiger partial charge on any atom is -0.395 e. The van der Waals surface area contributed by atoms with Gasteiger partial charge in [0.2, 0.25) is 0 Å². The van der Waals surface area contributed by atoms with Gasteiger partial charge in [0.05, 0.1) is 5.69 Å². The Kier molecular flexibility index (Phi) is 1.90. The molecule has 2 rings (SSSR count). The Morgan fingerprint density at radius 2 is 2.08 bits per heavy atom. The molecule has 4 heteroatoms. The summed E-state index contributed by atoms with van der Waals surface area (Å²) in [6.45, 7) is 0. The van der Waals surface area contributed by atoms with E-state index in [1.807, 2.05) is 22.9 Å². The third-order valence-corrected chi connectivity index (χ3v) is 2.54. The molecule has 3 nitrogen and oxygen atoms in total. The summed E-state index contributed by atoms with van der Waals surface area (Å²) in [5.41, 5.74) is 14.0. The summed E-state index contributed by atoms with van der Waals surface area (Å²) in [5.74, 6) is 0.392. The number of aromatic nitrogens is 1. The molecule has 0 aromatic carbocycles. The van der Waals surface area contributed by atoms with Gasteiger partial charge in [0.1, 0.15) is 5.82 Å². The van der Waals surface area contributed by atoms with Crippen LogP contribution >= 0.6 is 11.3 Å². The van der Waals surface area contributed by atoms with Gasteiger partial charge in [-0.2, -0.15) is 11.3 Å². The summed E-state index contributed by atoms with van der Waals surface area (Å²) >= 11 is 1.63. The largest absolute Gasteiger partial charge is 0.395 e. The van der Waals surface area contributed by atoms with Gasteiger partial charge >= 0.3 is 0 Å². The predicted molar refractivity (Wildman–Crippen MR) is 56.4 cm³/mol. The maximum atomic E-state index is 5.79. The van der Waals surface area contributed by atoms with Gasteiger partial charge in [-0.05, 0) is 28.5 Å². The second kappa shape index (κ2) is 3.06. The van der Waals surface area contributed by atoms with Gasteiger partial charge in [0.25, 0.3) is 0 Å². The number of thiophene rings is 1. The van der Waals surface area contributed by atoms with Crippen molar-refractivity contribution in [1.29, 1.82) is 0 Å². The van der Waals surface area contributed by atoms with Crippen LogP contribution in [0.5, 0.6) is 0 Å². The summed E-state index contributed by atoms with van der Waals surface area (Å²) in [6, 6.07) is 3.88. The standard InChI is InChI=1S/C9H9N3S/c10-8-7(1-3-12-9(8)11)6-2-4-13-5-6/h1-5H,10H2,(H2,11,12). The first-order chi connectivity index (χ1) is 6.29. The van der Waals surface area contributed by atoms with Crippen LogP contribution in [-0.2, 0) is 0 Å². The van der Waals surface area contributed by atoms with E-state index in [2.05, 4.69) is 4.98 Å². The van der Waals surface area contributed by atoms with Crippen LogP contribution in [0, 0.1) is 0 Å². The van der Waals surface area contributed by atoms with Crippen molar-refractivity contribution in [3.63, 3.8) is 0 Å². The van der Waals surface area contributed by atoms with Crippen molar-refractivity contribution in [2.24, 2.45) is 0 Å². The van der Waals surface area contributed by atoms with Crippen molar-refractivity contribution < 1.29 is 0 Å². The minimum atomic E-state index is 0.392. The Morgan fingerprint density at radius 3 is 2.77 bits per heavy atom. The van der Waals surface area contributed by atoms with E-state index in [1.54, 1.807) is 17.5 Å². The van der Waals surface area contributed by atoms with Crippen molar-refractivity contribution in [2.75, 3.05) is 11.5 Å². The molecular formula is C9H9N3S. The lowest BCUT2D eigenvalue weighted by Gasteiger charge is -2.04. The second-order valence-corrected chi connectivity index (χ2v) is 3.45. The van der Waals surface area contributed by atoms with Gasteiger partial charge in [-0.15, -0.1) is 0 Å². The SMILES string of the molecule is Nc1nccc(-c2ccsc2)c1N. The maximum absolute atomic E-state index is 5.79. The van der Waals surface area contributed by atoms with E-state index in [1.165, 1.54) is 0 Å². The molecule has 0 saturated carbocycles. The lowest BCUT2D eigenvalue weighted by atomic mass is 10.1. The first kappa shape index (κ1) is 8.07. The van der Waals surface area contributed by atoms with Crippen molar-refractivity contribution in [3.05, 3.63) is 29.1 Å². The quantitative estimate of drug-likeness (QED) is 0.724. The molecule has 0 fully saturated rings. The number of anilines is 2. The Balaban J connectivity index is 2.59. The average Bonchev–Trinajstić information content (AvgIpc) is 2.62. The minimum absolute atomic E-state index is 0.392. The Bertz CT molecular complexity index is 409. The summed E-state index contributed by atoms with van der Waals surface area (Å²) in [5, 5.41) is 4.04. The van der Waals surface area contributed by atoms with Crippen LogP contribution in [0.2, 0.25) is 0 Å². The summed E-state index contributed by atoms with van der Waals surface area (Å²) in [4.78, 5) is 3.91. The summed E-state index contributed by atoms with van der Waals surface area (Å²) < 4.78 is 0. The number of nitrogens with two attached hydrogens (primary N) is 2. The van der Waals surface area contributed by atoms with Crippen molar-refractivity contribution in [3.8, 4) is 11.1 Å². The van der Waals surface area contributed by atoms with Gasteiger partial charge in [0, 0.05) is 11.8 Å². The summed E-state index contributed by atoms with van der Waals surface area (Å²) in [7, 11) is 0. The average molecular weight is 191 g/mol. The zero-order valence-corrected chi connectivity index (χ0v) is 7.71. The molecule has 0 atom stereocenters. The molecule has 2 aromatic rings. The molecule has 2 heterocycles. The number of hydrogen-bond donors (Lipinski definition) is 2. The Morgan fingerprint density at radius 1 is 1.23 bits per heavy atom. The molecule has 66 valence electrons. The van der Waals surface area contributed by atoms with Crippen LogP contribution in [-0.4, -0.2) is 4.98 Å². The Hall–Kier alpha value is -1.55. The first-order valence-electron chi connectivity index (χ1n) is 3.81. The van der Waals surface area contributed by atoms with Gasteiger partial charge in [-0.3, -0.25) is 0 Å². The normalized spacial score (nSPS) is 10.2. The summed E-state index contributed by atoms with van der Waals surface area (Å²) in [6.07, 6.45) is 1.67. The highest BCUT2D eigenvalue weighted by Crippen LogP contribution is 2.29.